The maximum absolute atomic E-state index is 11.1. The number of hydrogen-bond donors (Lipinski definition) is 3. The molecule has 0 fully saturated rings. The van der Waals surface area contributed by atoms with E-state index in [1.165, 1.54) is 6.20 Å². The van der Waals surface area contributed by atoms with Crippen molar-refractivity contribution in [1.29, 1.82) is 0 Å². The summed E-state index contributed by atoms with van der Waals surface area (Å²) in [7, 11) is -3.37. The smallest absolute Gasteiger partial charge is 0.276 e. The fourth-order valence-electron chi connectivity index (χ4n) is 1.04. The molecule has 1 rings (SSSR count). The molecule has 15 heavy (non-hydrogen) atoms. The molecule has 0 unspecified atom stereocenters. The SMILES string of the molecule is CCNS(=O)(=O)NCCn1cc(N)cn1. The predicted molar refractivity (Wildman–Crippen MR) is 57.2 cm³/mol. The van der Waals surface area contributed by atoms with Gasteiger partial charge in [0.15, 0.2) is 0 Å². The Morgan fingerprint density at radius 1 is 1.53 bits per heavy atom. The second-order valence-corrected chi connectivity index (χ2v) is 4.52. The summed E-state index contributed by atoms with van der Waals surface area (Å²) < 4.78 is 28.6. The van der Waals surface area contributed by atoms with Crippen molar-refractivity contribution in [3.63, 3.8) is 0 Å². The molecule has 0 saturated heterocycles. The van der Waals surface area contributed by atoms with Gasteiger partial charge < -0.3 is 5.73 Å². The maximum atomic E-state index is 11.1. The Morgan fingerprint density at radius 3 is 2.80 bits per heavy atom. The molecule has 7 nitrogen and oxygen atoms in total. The first kappa shape index (κ1) is 12.0. The van der Waals surface area contributed by atoms with E-state index < -0.39 is 10.2 Å². The standard InChI is InChI=1S/C7H15N5O2S/c1-2-10-15(13,14)11-3-4-12-6-7(8)5-9-12/h5-6,10-11H,2-4,8H2,1H3. The van der Waals surface area contributed by atoms with Crippen LogP contribution in [0, 0.1) is 0 Å². The number of nitrogens with one attached hydrogen (secondary N) is 2. The largest absolute Gasteiger partial charge is 0.396 e. The molecule has 4 N–H and O–H groups in total. The summed E-state index contributed by atoms with van der Waals surface area (Å²) in [5.41, 5.74) is 6.01. The molecule has 0 bridgehead atoms. The highest BCUT2D eigenvalue weighted by Gasteiger charge is 2.05. The number of nitrogens with two attached hydrogens (primary N) is 1. The Morgan fingerprint density at radius 2 is 2.27 bits per heavy atom. The van der Waals surface area contributed by atoms with Gasteiger partial charge in [0.25, 0.3) is 10.2 Å². The molecular formula is C7H15N5O2S. The van der Waals surface area contributed by atoms with E-state index in [2.05, 4.69) is 14.5 Å². The minimum atomic E-state index is -3.37. The lowest BCUT2D eigenvalue weighted by molar-refractivity contribution is 0.551. The van der Waals surface area contributed by atoms with E-state index in [1.54, 1.807) is 17.8 Å². The third-order valence-electron chi connectivity index (χ3n) is 1.62. The van der Waals surface area contributed by atoms with Gasteiger partial charge in [0.2, 0.25) is 0 Å². The zero-order chi connectivity index (χ0) is 11.3. The average molecular weight is 233 g/mol. The van der Waals surface area contributed by atoms with Crippen LogP contribution < -0.4 is 15.2 Å². The van der Waals surface area contributed by atoms with Crippen LogP contribution in [0.25, 0.3) is 0 Å². The third kappa shape index (κ3) is 4.28. The highest BCUT2D eigenvalue weighted by molar-refractivity contribution is 7.87. The van der Waals surface area contributed by atoms with Crippen LogP contribution in [-0.4, -0.2) is 31.3 Å². The van der Waals surface area contributed by atoms with Gasteiger partial charge in [-0.2, -0.15) is 13.5 Å². The maximum Gasteiger partial charge on any atom is 0.276 e. The van der Waals surface area contributed by atoms with Crippen molar-refractivity contribution in [2.75, 3.05) is 18.8 Å². The molecule has 0 aliphatic rings. The Labute approximate surface area is 88.8 Å². The Kier molecular flexibility index (Phi) is 4.06. The first-order valence-electron chi connectivity index (χ1n) is 4.55. The molecule has 0 atom stereocenters. The highest BCUT2D eigenvalue weighted by Crippen LogP contribution is 1.96. The van der Waals surface area contributed by atoms with E-state index in [1.807, 2.05) is 0 Å². The zero-order valence-electron chi connectivity index (χ0n) is 8.47. The molecule has 0 saturated carbocycles. The fraction of sp³-hybridized carbons (Fsp3) is 0.571. The second-order valence-electron chi connectivity index (χ2n) is 2.93. The molecule has 0 amide bonds. The van der Waals surface area contributed by atoms with Crippen molar-refractivity contribution in [2.45, 2.75) is 13.5 Å². The van der Waals surface area contributed by atoms with Crippen LogP contribution in [0.15, 0.2) is 12.4 Å². The Balaban J connectivity index is 2.33. The van der Waals surface area contributed by atoms with Crippen molar-refractivity contribution in [2.24, 2.45) is 0 Å². The Bertz CT molecular complexity index is 399. The van der Waals surface area contributed by atoms with Crippen LogP contribution in [0.5, 0.6) is 0 Å². The van der Waals surface area contributed by atoms with E-state index in [0.717, 1.165) is 0 Å². The van der Waals surface area contributed by atoms with E-state index in [-0.39, 0.29) is 6.54 Å². The molecule has 0 spiro atoms. The molecule has 8 heteroatoms. The van der Waals surface area contributed by atoms with Gasteiger partial charge in [-0.25, -0.2) is 9.44 Å². The van der Waals surface area contributed by atoms with E-state index in [4.69, 9.17) is 5.73 Å². The number of rotatable bonds is 6. The first-order valence-corrected chi connectivity index (χ1v) is 6.04. The topological polar surface area (TPSA) is 102 Å². The third-order valence-corrected chi connectivity index (χ3v) is 2.87. The number of aromatic nitrogens is 2. The lowest BCUT2D eigenvalue weighted by Gasteiger charge is -2.06. The summed E-state index contributed by atoms with van der Waals surface area (Å²) in [4.78, 5) is 0. The summed E-state index contributed by atoms with van der Waals surface area (Å²) >= 11 is 0. The molecule has 0 radical (unpaired) electrons. The molecule has 1 aromatic heterocycles. The van der Waals surface area contributed by atoms with Crippen molar-refractivity contribution >= 4 is 15.9 Å². The zero-order valence-corrected chi connectivity index (χ0v) is 9.29. The Hall–Kier alpha value is -1.12. The molecule has 1 aromatic rings. The summed E-state index contributed by atoms with van der Waals surface area (Å²) in [6, 6.07) is 0. The molecule has 1 heterocycles. The monoisotopic (exact) mass is 233 g/mol. The normalized spacial score (nSPS) is 11.8. The number of anilines is 1. The summed E-state index contributed by atoms with van der Waals surface area (Å²) in [5, 5.41) is 3.92. The summed E-state index contributed by atoms with van der Waals surface area (Å²) in [5.74, 6) is 0. The van der Waals surface area contributed by atoms with Crippen LogP contribution in [0.4, 0.5) is 5.69 Å². The number of nitrogen functional groups attached to an aromatic ring is 1. The first-order chi connectivity index (χ1) is 7.03. The molecular weight excluding hydrogens is 218 g/mol. The number of nitrogens with zero attached hydrogens (tertiary/aromatic N) is 2. The van der Waals surface area contributed by atoms with Crippen molar-refractivity contribution in [3.05, 3.63) is 12.4 Å². The van der Waals surface area contributed by atoms with Crippen molar-refractivity contribution < 1.29 is 8.42 Å². The average Bonchev–Trinajstić information content (AvgIpc) is 2.51. The van der Waals surface area contributed by atoms with E-state index in [9.17, 15) is 8.42 Å². The van der Waals surface area contributed by atoms with Crippen LogP contribution in [0.2, 0.25) is 0 Å². The minimum absolute atomic E-state index is 0.274. The van der Waals surface area contributed by atoms with Gasteiger partial charge in [-0.1, -0.05) is 6.92 Å². The lowest BCUT2D eigenvalue weighted by Crippen LogP contribution is -2.37. The quantitative estimate of drug-likeness (QED) is 0.581. The molecule has 0 aromatic carbocycles. The second kappa shape index (κ2) is 5.10. The fourth-order valence-corrected chi connectivity index (χ4v) is 1.88. The van der Waals surface area contributed by atoms with Crippen molar-refractivity contribution in [3.8, 4) is 0 Å². The van der Waals surface area contributed by atoms with Gasteiger partial charge in [-0.05, 0) is 0 Å². The van der Waals surface area contributed by atoms with E-state index >= 15 is 0 Å². The van der Waals surface area contributed by atoms with Crippen LogP contribution in [-0.2, 0) is 16.8 Å². The lowest BCUT2D eigenvalue weighted by atomic mass is 10.6. The van der Waals surface area contributed by atoms with Gasteiger partial charge in [-0.15, -0.1) is 0 Å². The van der Waals surface area contributed by atoms with E-state index in [0.29, 0.717) is 18.8 Å². The van der Waals surface area contributed by atoms with Crippen LogP contribution in [0.3, 0.4) is 0 Å². The highest BCUT2D eigenvalue weighted by atomic mass is 32.2. The van der Waals surface area contributed by atoms with Gasteiger partial charge in [0.05, 0.1) is 18.4 Å². The molecule has 86 valence electrons. The summed E-state index contributed by atoms with van der Waals surface area (Å²) in [6.07, 6.45) is 3.15. The van der Waals surface area contributed by atoms with Crippen molar-refractivity contribution in [1.82, 2.24) is 19.2 Å². The van der Waals surface area contributed by atoms with Gasteiger partial charge in [0, 0.05) is 19.3 Å². The van der Waals surface area contributed by atoms with Gasteiger partial charge >= 0.3 is 0 Å². The minimum Gasteiger partial charge on any atom is -0.396 e. The van der Waals surface area contributed by atoms with Crippen LogP contribution >= 0.6 is 0 Å². The van der Waals surface area contributed by atoms with Crippen LogP contribution in [0.1, 0.15) is 6.92 Å². The predicted octanol–water partition coefficient (Wildman–Crippen LogP) is -1.09. The number of hydrogen-bond acceptors (Lipinski definition) is 4. The van der Waals surface area contributed by atoms with Gasteiger partial charge in [-0.3, -0.25) is 4.68 Å². The van der Waals surface area contributed by atoms with Gasteiger partial charge in [0.1, 0.15) is 0 Å². The molecule has 0 aliphatic heterocycles. The molecule has 0 aliphatic carbocycles. The summed E-state index contributed by atoms with van der Waals surface area (Å²) in [6.45, 7) is 2.80.